The monoisotopic (exact) mass is 225 g/mol. The van der Waals surface area contributed by atoms with Crippen LogP contribution in [0.3, 0.4) is 0 Å². The normalized spacial score (nSPS) is 10.6. The Labute approximate surface area is 81.1 Å². The number of carbonyl (C=O) groups is 1. The molecule has 0 fully saturated rings. The number of carbonyl (C=O) groups excluding carboxylic acids is 1. The molecule has 0 spiro atoms. The first-order valence-electron chi connectivity index (χ1n) is 3.31. The number of pyridine rings is 1. The minimum absolute atomic E-state index is 0.419. The number of hydrogen-bond donors (Lipinski definition) is 1. The lowest BCUT2D eigenvalue weighted by atomic mass is 10.2. The third kappa shape index (κ3) is 1.95. The van der Waals surface area contributed by atoms with E-state index in [1.807, 2.05) is 0 Å². The zero-order valence-electron chi connectivity index (χ0n) is 6.47. The van der Waals surface area contributed by atoms with E-state index in [9.17, 15) is 18.0 Å². The van der Waals surface area contributed by atoms with Crippen molar-refractivity contribution in [1.29, 1.82) is 0 Å². The molecule has 0 atom stereocenters. The summed E-state index contributed by atoms with van der Waals surface area (Å²) in [5, 5.41) is 7.42. The van der Waals surface area contributed by atoms with Gasteiger partial charge in [-0.25, -0.2) is 13.8 Å². The van der Waals surface area contributed by atoms with Crippen LogP contribution in [0.4, 0.5) is 13.2 Å². The molecule has 0 aromatic carbocycles. The van der Waals surface area contributed by atoms with Crippen molar-refractivity contribution < 1.29 is 23.1 Å². The van der Waals surface area contributed by atoms with Gasteiger partial charge < -0.3 is 5.11 Å². The van der Waals surface area contributed by atoms with E-state index in [0.29, 0.717) is 6.07 Å². The summed E-state index contributed by atoms with van der Waals surface area (Å²) in [6.45, 7) is 0. The number of aromatic nitrogens is 1. The maximum atomic E-state index is 12.6. The van der Waals surface area contributed by atoms with E-state index in [2.05, 4.69) is 4.98 Å². The SMILES string of the molecule is O=C(Cl)c1nc(F)c(O)cc1C(F)F. The molecular formula is C7H3ClF3NO2. The summed E-state index contributed by atoms with van der Waals surface area (Å²) >= 11 is 4.89. The van der Waals surface area contributed by atoms with E-state index in [-0.39, 0.29) is 0 Å². The number of rotatable bonds is 2. The van der Waals surface area contributed by atoms with E-state index >= 15 is 0 Å². The quantitative estimate of drug-likeness (QED) is 0.620. The summed E-state index contributed by atoms with van der Waals surface area (Å²) in [6, 6.07) is 0.419. The van der Waals surface area contributed by atoms with Gasteiger partial charge in [0.1, 0.15) is 5.69 Å². The minimum Gasteiger partial charge on any atom is -0.504 e. The summed E-state index contributed by atoms with van der Waals surface area (Å²) < 4.78 is 37.0. The molecule has 14 heavy (non-hydrogen) atoms. The molecule has 7 heteroatoms. The smallest absolute Gasteiger partial charge is 0.271 e. The van der Waals surface area contributed by atoms with Crippen LogP contribution < -0.4 is 0 Å². The third-order valence-corrected chi connectivity index (χ3v) is 1.59. The molecule has 0 aliphatic rings. The largest absolute Gasteiger partial charge is 0.504 e. The fraction of sp³-hybridized carbons (Fsp3) is 0.143. The number of alkyl halides is 2. The van der Waals surface area contributed by atoms with Gasteiger partial charge in [-0.2, -0.15) is 4.39 Å². The molecule has 0 aliphatic carbocycles. The van der Waals surface area contributed by atoms with Crippen LogP contribution in [0, 0.1) is 5.95 Å². The molecule has 1 aromatic heterocycles. The molecular weight excluding hydrogens is 223 g/mol. The zero-order valence-corrected chi connectivity index (χ0v) is 7.23. The maximum Gasteiger partial charge on any atom is 0.271 e. The molecule has 0 bridgehead atoms. The highest BCUT2D eigenvalue weighted by Gasteiger charge is 2.21. The third-order valence-electron chi connectivity index (χ3n) is 1.41. The van der Waals surface area contributed by atoms with E-state index in [1.165, 1.54) is 0 Å². The number of aromatic hydroxyl groups is 1. The van der Waals surface area contributed by atoms with Crippen LogP contribution in [0.15, 0.2) is 6.07 Å². The van der Waals surface area contributed by atoms with Gasteiger partial charge in [-0.15, -0.1) is 0 Å². The minimum atomic E-state index is -3.06. The highest BCUT2D eigenvalue weighted by molar-refractivity contribution is 6.67. The lowest BCUT2D eigenvalue weighted by molar-refractivity contribution is 0.105. The van der Waals surface area contributed by atoms with Crippen LogP contribution in [0.25, 0.3) is 0 Å². The summed E-state index contributed by atoms with van der Waals surface area (Å²) in [5.74, 6) is -2.47. The Bertz CT molecular complexity index is 383. The van der Waals surface area contributed by atoms with Gasteiger partial charge in [0, 0.05) is 0 Å². The van der Waals surface area contributed by atoms with Crippen molar-refractivity contribution in [3.63, 3.8) is 0 Å². The second-order valence-corrected chi connectivity index (χ2v) is 2.65. The highest BCUT2D eigenvalue weighted by atomic mass is 35.5. The van der Waals surface area contributed by atoms with E-state index < -0.39 is 34.6 Å². The topological polar surface area (TPSA) is 50.2 Å². The summed E-state index contributed by atoms with van der Waals surface area (Å²) in [6.07, 6.45) is -3.06. The van der Waals surface area contributed by atoms with Crippen molar-refractivity contribution in [2.75, 3.05) is 0 Å². The van der Waals surface area contributed by atoms with Gasteiger partial charge in [0.05, 0.1) is 5.56 Å². The standard InChI is InChI=1S/C7H3ClF3NO2/c8-5(14)4-2(6(9)10)1-3(13)7(11)12-4/h1,6,13H. The van der Waals surface area contributed by atoms with Crippen molar-refractivity contribution in [3.05, 3.63) is 23.3 Å². The molecule has 1 heterocycles. The van der Waals surface area contributed by atoms with Gasteiger partial charge in [-0.1, -0.05) is 0 Å². The first kappa shape index (κ1) is 10.8. The van der Waals surface area contributed by atoms with Crippen molar-refractivity contribution in [2.45, 2.75) is 6.43 Å². The molecule has 1 N–H and O–H groups in total. The predicted molar refractivity (Wildman–Crippen MR) is 41.0 cm³/mol. The van der Waals surface area contributed by atoms with Gasteiger partial charge in [0.15, 0.2) is 5.75 Å². The second-order valence-electron chi connectivity index (χ2n) is 2.31. The zero-order chi connectivity index (χ0) is 10.9. The average molecular weight is 226 g/mol. The van der Waals surface area contributed by atoms with Crippen LogP contribution in [0.5, 0.6) is 5.75 Å². The van der Waals surface area contributed by atoms with Gasteiger partial charge in [0.25, 0.3) is 17.6 Å². The summed E-state index contributed by atoms with van der Waals surface area (Å²) in [7, 11) is 0. The van der Waals surface area contributed by atoms with Crippen LogP contribution >= 0.6 is 11.6 Å². The van der Waals surface area contributed by atoms with Crippen molar-refractivity contribution in [1.82, 2.24) is 4.98 Å². The van der Waals surface area contributed by atoms with E-state index in [1.54, 1.807) is 0 Å². The molecule has 1 rings (SSSR count). The fourth-order valence-corrected chi connectivity index (χ4v) is 0.970. The van der Waals surface area contributed by atoms with Gasteiger partial charge >= 0.3 is 0 Å². The molecule has 0 amide bonds. The Hall–Kier alpha value is -1.30. The molecule has 0 unspecified atom stereocenters. The van der Waals surface area contributed by atoms with Crippen LogP contribution in [-0.2, 0) is 0 Å². The summed E-state index contributed by atoms with van der Waals surface area (Å²) in [5.41, 5.74) is -1.79. The molecule has 0 saturated heterocycles. The fourth-order valence-electron chi connectivity index (χ4n) is 0.819. The average Bonchev–Trinajstić information content (AvgIpc) is 2.08. The maximum absolute atomic E-state index is 12.6. The van der Waals surface area contributed by atoms with Crippen molar-refractivity contribution in [2.24, 2.45) is 0 Å². The molecule has 1 aromatic rings. The summed E-state index contributed by atoms with van der Waals surface area (Å²) in [4.78, 5) is 13.4. The lowest BCUT2D eigenvalue weighted by Gasteiger charge is -2.04. The molecule has 0 aliphatic heterocycles. The second kappa shape index (κ2) is 3.83. The predicted octanol–water partition coefficient (Wildman–Crippen LogP) is 2.24. The van der Waals surface area contributed by atoms with Gasteiger partial charge in [-0.3, -0.25) is 4.79 Å². The van der Waals surface area contributed by atoms with Crippen LogP contribution in [-0.4, -0.2) is 15.3 Å². The Kier molecular flexibility index (Phi) is 2.95. The lowest BCUT2D eigenvalue weighted by Crippen LogP contribution is -2.04. The van der Waals surface area contributed by atoms with E-state index in [4.69, 9.17) is 16.7 Å². The van der Waals surface area contributed by atoms with Gasteiger partial charge in [-0.05, 0) is 17.7 Å². The van der Waals surface area contributed by atoms with Crippen LogP contribution in [0.2, 0.25) is 0 Å². The molecule has 3 nitrogen and oxygen atoms in total. The number of halogens is 4. The Morgan fingerprint density at radius 2 is 2.14 bits per heavy atom. The Morgan fingerprint density at radius 3 is 2.57 bits per heavy atom. The molecule has 76 valence electrons. The highest BCUT2D eigenvalue weighted by Crippen LogP contribution is 2.27. The first-order chi connectivity index (χ1) is 6.43. The van der Waals surface area contributed by atoms with Crippen molar-refractivity contribution >= 4 is 16.8 Å². The van der Waals surface area contributed by atoms with Crippen molar-refractivity contribution in [3.8, 4) is 5.75 Å². The Morgan fingerprint density at radius 1 is 1.57 bits per heavy atom. The molecule has 0 saturated carbocycles. The Balaban J connectivity index is 3.39. The molecule has 0 radical (unpaired) electrons. The van der Waals surface area contributed by atoms with Crippen LogP contribution in [0.1, 0.15) is 22.5 Å². The first-order valence-corrected chi connectivity index (χ1v) is 3.68. The number of nitrogens with zero attached hydrogens (tertiary/aromatic N) is 1. The number of hydrogen-bond acceptors (Lipinski definition) is 3. The van der Waals surface area contributed by atoms with E-state index in [0.717, 1.165) is 0 Å². The van der Waals surface area contributed by atoms with Gasteiger partial charge in [0.2, 0.25) is 0 Å².